The second-order valence-corrected chi connectivity index (χ2v) is 4.15. The van der Waals surface area contributed by atoms with Gasteiger partial charge in [-0.3, -0.25) is 0 Å². The first-order valence-corrected chi connectivity index (χ1v) is 5.25. The quantitative estimate of drug-likeness (QED) is 0.692. The van der Waals surface area contributed by atoms with Gasteiger partial charge in [-0.15, -0.1) is 0 Å². The molecule has 0 aliphatic carbocycles. The first-order valence-electron chi connectivity index (χ1n) is 5.25. The van der Waals surface area contributed by atoms with Gasteiger partial charge in [0.15, 0.2) is 0 Å². The summed E-state index contributed by atoms with van der Waals surface area (Å²) in [5.41, 5.74) is 12.3. The average molecular weight is 208 g/mol. The summed E-state index contributed by atoms with van der Waals surface area (Å²) in [5, 5.41) is 0. The van der Waals surface area contributed by atoms with Crippen LogP contribution in [0.25, 0.3) is 0 Å². The second kappa shape index (κ2) is 5.85. The standard InChI is InChI=1S/C12H20N2O/c1-12(14,10-13)7-8-15-9-11-5-3-2-4-6-11/h2-6H,7-10,13-14H2,1H3/t12-/m1/s1. The molecule has 1 aromatic rings. The van der Waals surface area contributed by atoms with Gasteiger partial charge in [-0.05, 0) is 18.9 Å². The molecule has 4 N–H and O–H groups in total. The van der Waals surface area contributed by atoms with Crippen molar-refractivity contribution in [1.82, 2.24) is 0 Å². The monoisotopic (exact) mass is 208 g/mol. The van der Waals surface area contributed by atoms with Gasteiger partial charge in [-0.25, -0.2) is 0 Å². The SMILES string of the molecule is C[C@](N)(CN)CCOCc1ccccc1. The predicted molar refractivity (Wildman–Crippen MR) is 62.4 cm³/mol. The Labute approximate surface area is 91.4 Å². The van der Waals surface area contributed by atoms with Crippen LogP contribution in [-0.4, -0.2) is 18.7 Å². The van der Waals surface area contributed by atoms with E-state index in [9.17, 15) is 0 Å². The summed E-state index contributed by atoms with van der Waals surface area (Å²) in [6.45, 7) is 3.72. The Bertz CT molecular complexity index is 272. The molecule has 1 rings (SSSR count). The summed E-state index contributed by atoms with van der Waals surface area (Å²) < 4.78 is 5.52. The minimum absolute atomic E-state index is 0.309. The Hall–Kier alpha value is -0.900. The lowest BCUT2D eigenvalue weighted by molar-refractivity contribution is 0.105. The molecule has 0 radical (unpaired) electrons. The van der Waals surface area contributed by atoms with Crippen LogP contribution in [0.2, 0.25) is 0 Å². The van der Waals surface area contributed by atoms with Crippen molar-refractivity contribution in [1.29, 1.82) is 0 Å². The summed E-state index contributed by atoms with van der Waals surface area (Å²) in [4.78, 5) is 0. The molecular formula is C12H20N2O. The zero-order valence-electron chi connectivity index (χ0n) is 9.28. The third-order valence-electron chi connectivity index (χ3n) is 2.40. The Morgan fingerprint density at radius 2 is 1.93 bits per heavy atom. The molecule has 0 heterocycles. The maximum Gasteiger partial charge on any atom is 0.0716 e. The molecule has 84 valence electrons. The van der Waals surface area contributed by atoms with Crippen LogP contribution in [0, 0.1) is 0 Å². The highest BCUT2D eigenvalue weighted by Gasteiger charge is 2.14. The van der Waals surface area contributed by atoms with E-state index in [-0.39, 0.29) is 5.54 Å². The van der Waals surface area contributed by atoms with Gasteiger partial charge in [-0.2, -0.15) is 0 Å². The van der Waals surface area contributed by atoms with Crippen molar-refractivity contribution in [2.75, 3.05) is 13.2 Å². The second-order valence-electron chi connectivity index (χ2n) is 4.15. The molecule has 0 bridgehead atoms. The van der Waals surface area contributed by atoms with Crippen LogP contribution in [0.5, 0.6) is 0 Å². The fourth-order valence-corrected chi connectivity index (χ4v) is 1.17. The van der Waals surface area contributed by atoms with Crippen molar-refractivity contribution in [3.05, 3.63) is 35.9 Å². The van der Waals surface area contributed by atoms with Gasteiger partial charge in [0.05, 0.1) is 6.61 Å². The smallest absolute Gasteiger partial charge is 0.0716 e. The average Bonchev–Trinajstić information content (AvgIpc) is 2.26. The highest BCUT2D eigenvalue weighted by atomic mass is 16.5. The predicted octanol–water partition coefficient (Wildman–Crippen LogP) is 1.27. The van der Waals surface area contributed by atoms with Crippen LogP contribution >= 0.6 is 0 Å². The van der Waals surface area contributed by atoms with Crippen LogP contribution in [-0.2, 0) is 11.3 Å². The number of benzene rings is 1. The Kier molecular flexibility index (Phi) is 4.75. The van der Waals surface area contributed by atoms with E-state index in [0.29, 0.717) is 19.8 Å². The van der Waals surface area contributed by atoms with Crippen molar-refractivity contribution < 1.29 is 4.74 Å². The highest BCUT2D eigenvalue weighted by molar-refractivity contribution is 5.13. The molecule has 3 nitrogen and oxygen atoms in total. The molecule has 0 amide bonds. The maximum absolute atomic E-state index is 5.89. The molecule has 1 aromatic carbocycles. The van der Waals surface area contributed by atoms with Gasteiger partial charge in [0.2, 0.25) is 0 Å². The Morgan fingerprint density at radius 3 is 2.53 bits per heavy atom. The minimum Gasteiger partial charge on any atom is -0.377 e. The van der Waals surface area contributed by atoms with Crippen molar-refractivity contribution in [3.63, 3.8) is 0 Å². The summed E-state index contributed by atoms with van der Waals surface area (Å²) in [6, 6.07) is 10.1. The molecule has 1 atom stereocenters. The van der Waals surface area contributed by atoms with Gasteiger partial charge < -0.3 is 16.2 Å². The molecule has 0 saturated carbocycles. The lowest BCUT2D eigenvalue weighted by atomic mass is 10.0. The summed E-state index contributed by atoms with van der Waals surface area (Å²) >= 11 is 0. The highest BCUT2D eigenvalue weighted by Crippen LogP contribution is 2.05. The maximum atomic E-state index is 5.89. The molecule has 0 saturated heterocycles. The van der Waals surface area contributed by atoms with Crippen LogP contribution in [0.1, 0.15) is 18.9 Å². The molecule has 0 unspecified atom stereocenters. The van der Waals surface area contributed by atoms with E-state index < -0.39 is 0 Å². The fraction of sp³-hybridized carbons (Fsp3) is 0.500. The van der Waals surface area contributed by atoms with Crippen molar-refractivity contribution in [2.45, 2.75) is 25.5 Å². The van der Waals surface area contributed by atoms with E-state index in [1.165, 1.54) is 5.56 Å². The van der Waals surface area contributed by atoms with Crippen molar-refractivity contribution in [3.8, 4) is 0 Å². The van der Waals surface area contributed by atoms with Gasteiger partial charge in [-0.1, -0.05) is 30.3 Å². The zero-order chi connectivity index (χ0) is 11.1. The number of hydrogen-bond donors (Lipinski definition) is 2. The van der Waals surface area contributed by atoms with Crippen LogP contribution in [0.4, 0.5) is 0 Å². The third kappa shape index (κ3) is 4.93. The number of ether oxygens (including phenoxy) is 1. The molecule has 0 aliphatic rings. The van der Waals surface area contributed by atoms with Crippen LogP contribution in [0.3, 0.4) is 0 Å². The fourth-order valence-electron chi connectivity index (χ4n) is 1.17. The van der Waals surface area contributed by atoms with E-state index in [1.807, 2.05) is 37.3 Å². The summed E-state index contributed by atoms with van der Waals surface area (Å²) in [6.07, 6.45) is 0.788. The lowest BCUT2D eigenvalue weighted by Gasteiger charge is -2.21. The largest absolute Gasteiger partial charge is 0.377 e. The van der Waals surface area contributed by atoms with Crippen LogP contribution < -0.4 is 11.5 Å². The third-order valence-corrected chi connectivity index (χ3v) is 2.40. The minimum atomic E-state index is -0.309. The summed E-state index contributed by atoms with van der Waals surface area (Å²) in [5.74, 6) is 0. The van der Waals surface area contributed by atoms with Crippen LogP contribution in [0.15, 0.2) is 30.3 Å². The molecular weight excluding hydrogens is 188 g/mol. The van der Waals surface area contributed by atoms with Gasteiger partial charge in [0.25, 0.3) is 0 Å². The lowest BCUT2D eigenvalue weighted by Crippen LogP contribution is -2.44. The molecule has 0 fully saturated rings. The Morgan fingerprint density at radius 1 is 1.27 bits per heavy atom. The molecule has 0 spiro atoms. The first kappa shape index (κ1) is 12.2. The number of nitrogens with two attached hydrogens (primary N) is 2. The van der Waals surface area contributed by atoms with Gasteiger partial charge >= 0.3 is 0 Å². The number of hydrogen-bond acceptors (Lipinski definition) is 3. The normalized spacial score (nSPS) is 14.9. The molecule has 3 heteroatoms. The van der Waals surface area contributed by atoms with E-state index in [0.717, 1.165) is 6.42 Å². The topological polar surface area (TPSA) is 61.3 Å². The summed E-state index contributed by atoms with van der Waals surface area (Å²) in [7, 11) is 0. The van der Waals surface area contributed by atoms with Gasteiger partial charge in [0, 0.05) is 18.7 Å². The molecule has 0 aliphatic heterocycles. The van der Waals surface area contributed by atoms with Crippen molar-refractivity contribution >= 4 is 0 Å². The Balaban J connectivity index is 2.18. The zero-order valence-corrected chi connectivity index (χ0v) is 9.28. The van der Waals surface area contributed by atoms with Crippen molar-refractivity contribution in [2.24, 2.45) is 11.5 Å². The van der Waals surface area contributed by atoms with E-state index >= 15 is 0 Å². The van der Waals surface area contributed by atoms with E-state index in [2.05, 4.69) is 0 Å². The molecule has 0 aromatic heterocycles. The van der Waals surface area contributed by atoms with E-state index in [4.69, 9.17) is 16.2 Å². The number of rotatable bonds is 6. The molecule has 15 heavy (non-hydrogen) atoms. The van der Waals surface area contributed by atoms with Gasteiger partial charge in [0.1, 0.15) is 0 Å². The first-order chi connectivity index (χ1) is 7.14. The van der Waals surface area contributed by atoms with E-state index in [1.54, 1.807) is 0 Å².